The highest BCUT2D eigenvalue weighted by Gasteiger charge is 2.15. The van der Waals surface area contributed by atoms with Crippen molar-refractivity contribution < 1.29 is 0 Å². The molecule has 1 aromatic carbocycles. The number of hydrogen-bond acceptors (Lipinski definition) is 3. The molecule has 3 rings (SSSR count). The van der Waals surface area contributed by atoms with Gasteiger partial charge in [0.25, 0.3) is 0 Å². The molecule has 0 aliphatic rings. The van der Waals surface area contributed by atoms with E-state index in [1.807, 2.05) is 29.8 Å². The molecular weight excluding hydrogens is 390 g/mol. The Morgan fingerprint density at radius 2 is 2.11 bits per heavy atom. The lowest BCUT2D eigenvalue weighted by atomic mass is 10.2. The molecule has 0 unspecified atom stereocenters. The molecule has 0 aliphatic heterocycles. The van der Waals surface area contributed by atoms with Gasteiger partial charge in [-0.25, -0.2) is 4.98 Å². The van der Waals surface area contributed by atoms with E-state index in [2.05, 4.69) is 42.9 Å². The molecule has 0 saturated carbocycles. The minimum atomic E-state index is 0.646. The molecule has 0 aliphatic carbocycles. The normalized spacial score (nSPS) is 10.8. The van der Waals surface area contributed by atoms with E-state index in [-0.39, 0.29) is 0 Å². The average Bonchev–Trinajstić information content (AvgIpc) is 2.89. The van der Waals surface area contributed by atoms with Gasteiger partial charge in [0, 0.05) is 12.6 Å². The molecule has 3 nitrogen and oxygen atoms in total. The van der Waals surface area contributed by atoms with Crippen LogP contribution < -0.4 is 0 Å². The monoisotopic (exact) mass is 395 g/mol. The standard InChI is InChI=1S/C13H7Br2N3S/c1-18-10-4-7(6-16)2-3-9(10)17-13(18)8-5-11(14)19-12(8)15/h2-5H,1H3. The molecule has 0 atom stereocenters. The molecule has 6 heteroatoms. The number of nitrogens with zero attached hydrogens (tertiary/aromatic N) is 3. The van der Waals surface area contributed by atoms with E-state index in [1.165, 1.54) is 0 Å². The van der Waals surface area contributed by atoms with Gasteiger partial charge in [-0.05, 0) is 56.1 Å². The van der Waals surface area contributed by atoms with Crippen molar-refractivity contribution in [3.05, 3.63) is 37.4 Å². The van der Waals surface area contributed by atoms with Crippen LogP contribution in [0.2, 0.25) is 0 Å². The number of halogens is 2. The van der Waals surface area contributed by atoms with E-state index in [1.54, 1.807) is 17.4 Å². The first-order valence-corrected chi connectivity index (χ1v) is 7.82. The van der Waals surface area contributed by atoms with E-state index < -0.39 is 0 Å². The Kier molecular flexibility index (Phi) is 3.21. The molecule has 0 saturated heterocycles. The molecule has 0 amide bonds. The summed E-state index contributed by atoms with van der Waals surface area (Å²) in [5, 5.41) is 8.97. The molecule has 0 fully saturated rings. The van der Waals surface area contributed by atoms with Crippen LogP contribution in [0.5, 0.6) is 0 Å². The zero-order valence-electron chi connectivity index (χ0n) is 9.82. The summed E-state index contributed by atoms with van der Waals surface area (Å²) in [5.74, 6) is 0.888. The second-order valence-electron chi connectivity index (χ2n) is 4.05. The number of aromatic nitrogens is 2. The third-order valence-corrected chi connectivity index (χ3v) is 5.25. The Labute approximate surface area is 130 Å². The minimum absolute atomic E-state index is 0.646. The number of rotatable bonds is 1. The maximum Gasteiger partial charge on any atom is 0.142 e. The predicted molar refractivity (Wildman–Crippen MR) is 84.1 cm³/mol. The number of thiophene rings is 1. The van der Waals surface area contributed by atoms with Gasteiger partial charge in [0.05, 0.1) is 30.2 Å². The minimum Gasteiger partial charge on any atom is -0.327 e. The zero-order valence-corrected chi connectivity index (χ0v) is 13.8. The van der Waals surface area contributed by atoms with Crippen molar-refractivity contribution in [1.82, 2.24) is 9.55 Å². The fourth-order valence-corrected chi connectivity index (χ4v) is 4.78. The van der Waals surface area contributed by atoms with Gasteiger partial charge in [0.1, 0.15) is 5.82 Å². The molecular formula is C13H7Br2N3S. The fourth-order valence-electron chi connectivity index (χ4n) is 1.99. The fraction of sp³-hybridized carbons (Fsp3) is 0.0769. The molecule has 3 aromatic rings. The largest absolute Gasteiger partial charge is 0.327 e. The van der Waals surface area contributed by atoms with Crippen LogP contribution in [0.25, 0.3) is 22.4 Å². The first-order chi connectivity index (χ1) is 9.10. The maximum atomic E-state index is 8.97. The summed E-state index contributed by atoms with van der Waals surface area (Å²) < 4.78 is 4.10. The summed E-state index contributed by atoms with van der Waals surface area (Å²) in [6.07, 6.45) is 0. The molecule has 2 heterocycles. The Morgan fingerprint density at radius 1 is 1.32 bits per heavy atom. The van der Waals surface area contributed by atoms with E-state index in [0.717, 1.165) is 30.0 Å². The van der Waals surface area contributed by atoms with Crippen molar-refractivity contribution in [2.45, 2.75) is 0 Å². The number of fused-ring (bicyclic) bond motifs is 1. The van der Waals surface area contributed by atoms with Crippen molar-refractivity contribution in [1.29, 1.82) is 5.26 Å². The van der Waals surface area contributed by atoms with Gasteiger partial charge < -0.3 is 4.57 Å². The highest BCUT2D eigenvalue weighted by molar-refractivity contribution is 9.12. The first-order valence-electron chi connectivity index (χ1n) is 5.42. The lowest BCUT2D eigenvalue weighted by Crippen LogP contribution is -1.91. The van der Waals surface area contributed by atoms with Crippen LogP contribution in [-0.4, -0.2) is 9.55 Å². The number of nitriles is 1. The third kappa shape index (κ3) is 2.12. The Balaban J connectivity index is 2.29. The Bertz CT molecular complexity index is 826. The zero-order chi connectivity index (χ0) is 13.6. The van der Waals surface area contributed by atoms with E-state index in [4.69, 9.17) is 5.26 Å². The SMILES string of the molecule is Cn1c(-c2cc(Br)sc2Br)nc2ccc(C#N)cc21. The Hall–Kier alpha value is -1.16. The molecule has 19 heavy (non-hydrogen) atoms. The molecule has 94 valence electrons. The average molecular weight is 397 g/mol. The highest BCUT2D eigenvalue weighted by atomic mass is 79.9. The van der Waals surface area contributed by atoms with Gasteiger partial charge in [0.2, 0.25) is 0 Å². The van der Waals surface area contributed by atoms with E-state index in [0.29, 0.717) is 5.56 Å². The lowest BCUT2D eigenvalue weighted by Gasteiger charge is -2.00. The second-order valence-corrected chi connectivity index (χ2v) is 7.80. The molecule has 2 aromatic heterocycles. The first kappa shape index (κ1) is 12.9. The van der Waals surface area contributed by atoms with Crippen LogP contribution in [-0.2, 0) is 7.05 Å². The quantitative estimate of drug-likeness (QED) is 0.598. The summed E-state index contributed by atoms with van der Waals surface area (Å²) in [7, 11) is 1.96. The number of imidazole rings is 1. The summed E-state index contributed by atoms with van der Waals surface area (Å²) >= 11 is 8.65. The van der Waals surface area contributed by atoms with Crippen molar-refractivity contribution in [2.24, 2.45) is 7.05 Å². The summed E-state index contributed by atoms with van der Waals surface area (Å²) in [5.41, 5.74) is 3.55. The maximum absolute atomic E-state index is 8.97. The smallest absolute Gasteiger partial charge is 0.142 e. The highest BCUT2D eigenvalue weighted by Crippen LogP contribution is 2.38. The molecule has 0 spiro atoms. The third-order valence-electron chi connectivity index (χ3n) is 2.91. The van der Waals surface area contributed by atoms with Crippen LogP contribution in [0.4, 0.5) is 0 Å². The van der Waals surface area contributed by atoms with Crippen LogP contribution in [0.3, 0.4) is 0 Å². The second kappa shape index (κ2) is 4.75. The van der Waals surface area contributed by atoms with Crippen LogP contribution in [0.15, 0.2) is 31.8 Å². The van der Waals surface area contributed by atoms with Gasteiger partial charge >= 0.3 is 0 Å². The van der Waals surface area contributed by atoms with Gasteiger partial charge in [-0.15, -0.1) is 11.3 Å². The summed E-state index contributed by atoms with van der Waals surface area (Å²) in [4.78, 5) is 4.64. The van der Waals surface area contributed by atoms with E-state index in [9.17, 15) is 0 Å². The Morgan fingerprint density at radius 3 is 2.74 bits per heavy atom. The summed E-state index contributed by atoms with van der Waals surface area (Å²) in [6, 6.07) is 9.73. The predicted octanol–water partition coefficient (Wildman–Crippen LogP) is 4.70. The van der Waals surface area contributed by atoms with Crippen LogP contribution in [0.1, 0.15) is 5.56 Å². The van der Waals surface area contributed by atoms with Crippen molar-refractivity contribution in [3.8, 4) is 17.5 Å². The van der Waals surface area contributed by atoms with E-state index >= 15 is 0 Å². The number of aryl methyl sites for hydroxylation is 1. The van der Waals surface area contributed by atoms with Crippen LogP contribution >= 0.6 is 43.2 Å². The van der Waals surface area contributed by atoms with Gasteiger partial charge in [-0.3, -0.25) is 0 Å². The van der Waals surface area contributed by atoms with Crippen LogP contribution in [0, 0.1) is 11.3 Å². The number of benzene rings is 1. The summed E-state index contributed by atoms with van der Waals surface area (Å²) in [6.45, 7) is 0. The van der Waals surface area contributed by atoms with Crippen molar-refractivity contribution in [2.75, 3.05) is 0 Å². The van der Waals surface area contributed by atoms with Crippen molar-refractivity contribution in [3.63, 3.8) is 0 Å². The lowest BCUT2D eigenvalue weighted by molar-refractivity contribution is 0.959. The van der Waals surface area contributed by atoms with Crippen molar-refractivity contribution >= 4 is 54.2 Å². The molecule has 0 N–H and O–H groups in total. The van der Waals surface area contributed by atoms with Gasteiger partial charge in [0.15, 0.2) is 0 Å². The molecule has 0 bridgehead atoms. The topological polar surface area (TPSA) is 41.6 Å². The number of hydrogen-bond donors (Lipinski definition) is 0. The molecule has 0 radical (unpaired) electrons. The van der Waals surface area contributed by atoms with Gasteiger partial charge in [-0.2, -0.15) is 5.26 Å². The van der Waals surface area contributed by atoms with Gasteiger partial charge in [-0.1, -0.05) is 0 Å².